The smallest absolute Gasteiger partial charge is 0.215 e. The van der Waals surface area contributed by atoms with E-state index in [0.29, 0.717) is 31.6 Å². The van der Waals surface area contributed by atoms with Crippen molar-refractivity contribution in [3.8, 4) is 0 Å². The summed E-state index contributed by atoms with van der Waals surface area (Å²) in [5, 5.41) is 6.57. The van der Waals surface area contributed by atoms with Crippen LogP contribution in [0.25, 0.3) is 0 Å². The number of nitrogens with zero attached hydrogens (tertiary/aromatic N) is 2. The molecule has 1 saturated carbocycles. The molecule has 1 aliphatic heterocycles. The van der Waals surface area contributed by atoms with Crippen molar-refractivity contribution in [1.29, 1.82) is 0 Å². The number of nitrogens with one attached hydrogen (secondary N) is 2. The van der Waals surface area contributed by atoms with Gasteiger partial charge in [0.1, 0.15) is 0 Å². The Morgan fingerprint density at radius 2 is 1.87 bits per heavy atom. The second-order valence-corrected chi connectivity index (χ2v) is 9.74. The van der Waals surface area contributed by atoms with Crippen LogP contribution in [0.4, 0.5) is 0 Å². The normalized spacial score (nSPS) is 27.7. The fourth-order valence-electron chi connectivity index (χ4n) is 3.04. The van der Waals surface area contributed by atoms with Gasteiger partial charge in [-0.15, -0.1) is 0 Å². The summed E-state index contributed by atoms with van der Waals surface area (Å²) in [6, 6.07) is 0.452. The van der Waals surface area contributed by atoms with Gasteiger partial charge in [0.15, 0.2) is 5.96 Å². The first-order valence-corrected chi connectivity index (χ1v) is 11.3. The Morgan fingerprint density at radius 3 is 2.48 bits per heavy atom. The fraction of sp³-hybridized carbons (Fsp3) is 0.933. The molecule has 0 spiro atoms. The van der Waals surface area contributed by atoms with Crippen molar-refractivity contribution in [3.63, 3.8) is 0 Å². The van der Waals surface area contributed by atoms with E-state index in [4.69, 9.17) is 0 Å². The van der Waals surface area contributed by atoms with E-state index in [1.807, 2.05) is 11.8 Å². The van der Waals surface area contributed by atoms with Gasteiger partial charge in [0.2, 0.25) is 10.0 Å². The Bertz CT molecular complexity index is 482. The van der Waals surface area contributed by atoms with Crippen molar-refractivity contribution in [1.82, 2.24) is 14.9 Å². The summed E-state index contributed by atoms with van der Waals surface area (Å²) in [7, 11) is -1.42. The second kappa shape index (κ2) is 9.13. The zero-order valence-electron chi connectivity index (χ0n) is 14.3. The lowest BCUT2D eigenvalue weighted by molar-refractivity contribution is 0.329. The van der Waals surface area contributed by atoms with E-state index >= 15 is 0 Å². The van der Waals surface area contributed by atoms with Crippen LogP contribution in [0, 0.1) is 5.92 Å². The topological polar surface area (TPSA) is 73.8 Å². The molecule has 8 heteroatoms. The molecule has 2 N–H and O–H groups in total. The van der Waals surface area contributed by atoms with E-state index in [1.54, 1.807) is 11.4 Å². The van der Waals surface area contributed by atoms with E-state index in [1.165, 1.54) is 12.8 Å². The Kier molecular flexibility index (Phi) is 7.49. The van der Waals surface area contributed by atoms with Gasteiger partial charge >= 0.3 is 0 Å². The molecular formula is C15H30N4O2S2. The number of hydrogen-bond acceptors (Lipinski definition) is 4. The lowest BCUT2D eigenvalue weighted by Crippen LogP contribution is -2.47. The Labute approximate surface area is 144 Å². The predicted molar refractivity (Wildman–Crippen MR) is 98.6 cm³/mol. The molecule has 0 unspecified atom stereocenters. The van der Waals surface area contributed by atoms with Crippen LogP contribution in [0.5, 0.6) is 0 Å². The van der Waals surface area contributed by atoms with E-state index in [0.717, 1.165) is 30.3 Å². The summed E-state index contributed by atoms with van der Waals surface area (Å²) in [6.45, 7) is 3.97. The summed E-state index contributed by atoms with van der Waals surface area (Å²) in [6.07, 6.45) is 4.81. The maximum Gasteiger partial charge on any atom is 0.215 e. The summed E-state index contributed by atoms with van der Waals surface area (Å²) in [5.41, 5.74) is 0. The first-order valence-electron chi connectivity index (χ1n) is 8.54. The molecule has 0 aromatic heterocycles. The molecule has 0 aromatic rings. The highest BCUT2D eigenvalue weighted by Gasteiger charge is 2.24. The van der Waals surface area contributed by atoms with Gasteiger partial charge in [0.05, 0.1) is 5.75 Å². The van der Waals surface area contributed by atoms with Gasteiger partial charge in [-0.25, -0.2) is 12.7 Å². The molecule has 0 amide bonds. The zero-order valence-corrected chi connectivity index (χ0v) is 15.9. The van der Waals surface area contributed by atoms with Gasteiger partial charge < -0.3 is 10.6 Å². The predicted octanol–water partition coefficient (Wildman–Crippen LogP) is 1.11. The van der Waals surface area contributed by atoms with Crippen LogP contribution in [0.2, 0.25) is 0 Å². The van der Waals surface area contributed by atoms with Gasteiger partial charge in [0, 0.05) is 44.2 Å². The molecule has 0 atom stereocenters. The molecular weight excluding hydrogens is 332 g/mol. The van der Waals surface area contributed by atoms with E-state index in [2.05, 4.69) is 22.5 Å². The highest BCUT2D eigenvalue weighted by atomic mass is 32.2. The maximum absolute atomic E-state index is 12.3. The highest BCUT2D eigenvalue weighted by Crippen LogP contribution is 2.23. The van der Waals surface area contributed by atoms with Crippen LogP contribution in [0.1, 0.15) is 32.6 Å². The molecule has 2 aliphatic rings. The molecule has 1 aliphatic carbocycles. The summed E-state index contributed by atoms with van der Waals surface area (Å²) in [4.78, 5) is 4.22. The number of thioether (sulfide) groups is 1. The molecule has 1 heterocycles. The number of aliphatic imine (C=N–C) groups is 1. The van der Waals surface area contributed by atoms with Crippen LogP contribution in [0.15, 0.2) is 4.99 Å². The molecule has 0 bridgehead atoms. The van der Waals surface area contributed by atoms with Gasteiger partial charge in [-0.1, -0.05) is 6.92 Å². The van der Waals surface area contributed by atoms with Gasteiger partial charge in [0.25, 0.3) is 0 Å². The van der Waals surface area contributed by atoms with Crippen molar-refractivity contribution >= 4 is 27.7 Å². The third-order valence-corrected chi connectivity index (χ3v) is 7.41. The Hall–Kier alpha value is -0.470. The van der Waals surface area contributed by atoms with Crippen LogP contribution < -0.4 is 10.6 Å². The second-order valence-electron chi connectivity index (χ2n) is 6.43. The first kappa shape index (κ1) is 18.9. The number of sulfonamides is 1. The standard InChI is InChI=1S/C15H30N4O2S2/c1-13-3-5-14(6-4-13)18-15(16-2)17-7-12-23(20,21)19-8-10-22-11-9-19/h13-14H,3-12H2,1-2H3,(H2,16,17,18). The maximum atomic E-state index is 12.3. The van der Waals surface area contributed by atoms with Crippen molar-refractivity contribution in [2.45, 2.75) is 38.6 Å². The van der Waals surface area contributed by atoms with Gasteiger partial charge in [-0.3, -0.25) is 4.99 Å². The number of guanidine groups is 1. The van der Waals surface area contributed by atoms with Crippen LogP contribution >= 0.6 is 11.8 Å². The number of hydrogen-bond donors (Lipinski definition) is 2. The van der Waals surface area contributed by atoms with Crippen LogP contribution in [0.3, 0.4) is 0 Å². The van der Waals surface area contributed by atoms with E-state index in [9.17, 15) is 8.42 Å². The molecule has 134 valence electrons. The van der Waals surface area contributed by atoms with Crippen molar-refractivity contribution in [3.05, 3.63) is 0 Å². The van der Waals surface area contributed by atoms with Crippen molar-refractivity contribution in [2.24, 2.45) is 10.9 Å². The van der Waals surface area contributed by atoms with Crippen LogP contribution in [-0.2, 0) is 10.0 Å². The molecule has 1 saturated heterocycles. The Morgan fingerprint density at radius 1 is 1.22 bits per heavy atom. The van der Waals surface area contributed by atoms with Crippen molar-refractivity contribution in [2.75, 3.05) is 43.9 Å². The molecule has 0 aromatic carbocycles. The van der Waals surface area contributed by atoms with Gasteiger partial charge in [-0.05, 0) is 31.6 Å². The first-order chi connectivity index (χ1) is 11.0. The van der Waals surface area contributed by atoms with Crippen LogP contribution in [-0.4, -0.2) is 68.7 Å². The molecule has 2 fully saturated rings. The lowest BCUT2D eigenvalue weighted by Gasteiger charge is -2.28. The summed E-state index contributed by atoms with van der Waals surface area (Å²) in [5.74, 6) is 3.45. The fourth-order valence-corrected chi connectivity index (χ4v) is 5.54. The molecule has 23 heavy (non-hydrogen) atoms. The molecule has 2 rings (SSSR count). The lowest BCUT2D eigenvalue weighted by atomic mass is 9.87. The minimum absolute atomic E-state index is 0.125. The average molecular weight is 363 g/mol. The highest BCUT2D eigenvalue weighted by molar-refractivity contribution is 7.99. The third-order valence-electron chi connectivity index (χ3n) is 4.60. The zero-order chi connectivity index (χ0) is 16.7. The molecule has 6 nitrogen and oxygen atoms in total. The Balaban J connectivity index is 1.72. The SMILES string of the molecule is CN=C(NCCS(=O)(=O)N1CCSCC1)NC1CCC(C)CC1. The summed E-state index contributed by atoms with van der Waals surface area (Å²) < 4.78 is 26.2. The van der Waals surface area contributed by atoms with E-state index in [-0.39, 0.29) is 5.75 Å². The summed E-state index contributed by atoms with van der Waals surface area (Å²) >= 11 is 1.82. The average Bonchev–Trinajstić information content (AvgIpc) is 2.56. The molecule has 0 radical (unpaired) electrons. The van der Waals surface area contributed by atoms with Crippen molar-refractivity contribution < 1.29 is 8.42 Å². The monoisotopic (exact) mass is 362 g/mol. The quantitative estimate of drug-likeness (QED) is 0.566. The van der Waals surface area contributed by atoms with E-state index < -0.39 is 10.0 Å². The minimum atomic E-state index is -3.15. The number of rotatable bonds is 5. The third kappa shape index (κ3) is 6.15. The minimum Gasteiger partial charge on any atom is -0.355 e. The largest absolute Gasteiger partial charge is 0.355 e. The van der Waals surface area contributed by atoms with Gasteiger partial charge in [-0.2, -0.15) is 11.8 Å².